The second-order valence-corrected chi connectivity index (χ2v) is 10.1. The lowest BCUT2D eigenvalue weighted by molar-refractivity contribution is 0.261. The lowest BCUT2D eigenvalue weighted by atomic mass is 10.1. The van der Waals surface area contributed by atoms with E-state index in [0.717, 1.165) is 24.3 Å². The molecule has 0 atom stereocenters. The average Bonchev–Trinajstić information content (AvgIpc) is 3.13. The standard InChI is InChI=1S/C24H29FN4O3S/c1-17-8-9-20(24-18(2)19(3)27-32-24)16-23(17)33(30,31)26-10-11-28-12-14-29(15-13-28)22-7-5-4-6-21(22)25/h4-9,16,26H,10-15H2,1-3H3. The largest absolute Gasteiger partial charge is 0.367 e. The van der Waals surface area contributed by atoms with E-state index in [1.54, 1.807) is 31.2 Å². The quantitative estimate of drug-likeness (QED) is 0.567. The van der Waals surface area contributed by atoms with Gasteiger partial charge in [-0.05, 0) is 44.5 Å². The van der Waals surface area contributed by atoms with Gasteiger partial charge in [0.05, 0.1) is 16.3 Å². The molecule has 1 aliphatic rings. The number of nitrogens with one attached hydrogen (secondary N) is 1. The lowest BCUT2D eigenvalue weighted by Gasteiger charge is -2.36. The van der Waals surface area contributed by atoms with E-state index in [1.807, 2.05) is 30.9 Å². The SMILES string of the molecule is Cc1ccc(-c2onc(C)c2C)cc1S(=O)(=O)NCCN1CCN(c2ccccc2F)CC1. The van der Waals surface area contributed by atoms with Gasteiger partial charge in [0, 0.05) is 50.4 Å². The predicted octanol–water partition coefficient (Wildman–Crippen LogP) is 3.51. The monoisotopic (exact) mass is 472 g/mol. The Labute approximate surface area is 194 Å². The summed E-state index contributed by atoms with van der Waals surface area (Å²) >= 11 is 0. The zero-order valence-corrected chi connectivity index (χ0v) is 20.0. The molecule has 2 aromatic carbocycles. The van der Waals surface area contributed by atoms with Gasteiger partial charge < -0.3 is 9.42 Å². The molecule has 9 heteroatoms. The van der Waals surface area contributed by atoms with Crippen LogP contribution in [-0.4, -0.2) is 57.7 Å². The lowest BCUT2D eigenvalue weighted by Crippen LogP contribution is -2.48. The number of sulfonamides is 1. The summed E-state index contributed by atoms with van der Waals surface area (Å²) in [5, 5.41) is 3.97. The summed E-state index contributed by atoms with van der Waals surface area (Å²) in [6.45, 7) is 9.30. The van der Waals surface area contributed by atoms with Crippen molar-refractivity contribution in [1.29, 1.82) is 0 Å². The summed E-state index contributed by atoms with van der Waals surface area (Å²) in [5.41, 5.74) is 3.64. The van der Waals surface area contributed by atoms with Crippen molar-refractivity contribution in [2.45, 2.75) is 25.7 Å². The smallest absolute Gasteiger partial charge is 0.240 e. The summed E-state index contributed by atoms with van der Waals surface area (Å²) < 4.78 is 48.2. The van der Waals surface area contributed by atoms with Gasteiger partial charge in [-0.15, -0.1) is 0 Å². The Bertz CT molecular complexity index is 1230. The molecule has 33 heavy (non-hydrogen) atoms. The van der Waals surface area contributed by atoms with Crippen molar-refractivity contribution >= 4 is 15.7 Å². The summed E-state index contributed by atoms with van der Waals surface area (Å²) in [7, 11) is -3.69. The Balaban J connectivity index is 1.36. The van der Waals surface area contributed by atoms with Gasteiger partial charge >= 0.3 is 0 Å². The number of anilines is 1. The Morgan fingerprint density at radius 3 is 2.45 bits per heavy atom. The second kappa shape index (κ2) is 9.62. The Morgan fingerprint density at radius 1 is 1.06 bits per heavy atom. The molecule has 0 spiro atoms. The Morgan fingerprint density at radius 2 is 1.79 bits per heavy atom. The third-order valence-electron chi connectivity index (χ3n) is 6.18. The average molecular weight is 473 g/mol. The molecule has 3 aromatic rings. The van der Waals surface area contributed by atoms with Crippen LogP contribution >= 0.6 is 0 Å². The van der Waals surface area contributed by atoms with E-state index in [2.05, 4.69) is 14.8 Å². The number of rotatable bonds is 7. The van der Waals surface area contributed by atoms with Crippen molar-refractivity contribution in [3.63, 3.8) is 0 Å². The fourth-order valence-electron chi connectivity index (χ4n) is 4.05. The normalized spacial score (nSPS) is 15.2. The van der Waals surface area contributed by atoms with Crippen LogP contribution in [0.2, 0.25) is 0 Å². The first-order chi connectivity index (χ1) is 15.8. The van der Waals surface area contributed by atoms with E-state index in [1.165, 1.54) is 6.07 Å². The van der Waals surface area contributed by atoms with Gasteiger partial charge in [0.15, 0.2) is 5.76 Å². The maximum absolute atomic E-state index is 14.0. The van der Waals surface area contributed by atoms with E-state index in [-0.39, 0.29) is 10.7 Å². The van der Waals surface area contributed by atoms with Crippen LogP contribution in [-0.2, 0) is 10.0 Å². The summed E-state index contributed by atoms with van der Waals surface area (Å²) in [4.78, 5) is 4.44. The molecule has 0 amide bonds. The fourth-order valence-corrected chi connectivity index (χ4v) is 5.34. The third-order valence-corrected chi connectivity index (χ3v) is 7.79. The number of halogens is 1. The van der Waals surface area contributed by atoms with E-state index in [4.69, 9.17) is 4.52 Å². The van der Waals surface area contributed by atoms with Crippen molar-refractivity contribution in [3.8, 4) is 11.3 Å². The second-order valence-electron chi connectivity index (χ2n) is 8.38. The predicted molar refractivity (Wildman–Crippen MR) is 126 cm³/mol. The zero-order valence-electron chi connectivity index (χ0n) is 19.1. The molecule has 0 aliphatic carbocycles. The molecule has 1 aromatic heterocycles. The number of nitrogens with zero attached hydrogens (tertiary/aromatic N) is 3. The van der Waals surface area contributed by atoms with Crippen LogP contribution in [0, 0.1) is 26.6 Å². The molecule has 1 fully saturated rings. The van der Waals surface area contributed by atoms with Crippen molar-refractivity contribution in [1.82, 2.24) is 14.8 Å². The molecular weight excluding hydrogens is 443 g/mol. The number of piperazine rings is 1. The molecule has 0 radical (unpaired) electrons. The highest BCUT2D eigenvalue weighted by molar-refractivity contribution is 7.89. The third kappa shape index (κ3) is 5.10. The molecule has 0 unspecified atom stereocenters. The molecule has 7 nitrogen and oxygen atoms in total. The molecule has 176 valence electrons. The van der Waals surface area contributed by atoms with E-state index in [0.29, 0.717) is 48.8 Å². The van der Waals surface area contributed by atoms with Crippen LogP contribution in [0.15, 0.2) is 51.9 Å². The molecule has 2 heterocycles. The van der Waals surface area contributed by atoms with Crippen LogP contribution in [0.4, 0.5) is 10.1 Å². The summed E-state index contributed by atoms with van der Waals surface area (Å²) in [5.74, 6) is 0.365. The van der Waals surface area contributed by atoms with Gasteiger partial charge in [-0.3, -0.25) is 4.90 Å². The number of aromatic nitrogens is 1. The first kappa shape index (κ1) is 23.4. The number of benzene rings is 2. The summed E-state index contributed by atoms with van der Waals surface area (Å²) in [6.07, 6.45) is 0. The molecule has 4 rings (SSSR count). The van der Waals surface area contributed by atoms with Crippen LogP contribution in [0.25, 0.3) is 11.3 Å². The Hall–Kier alpha value is -2.75. The highest BCUT2D eigenvalue weighted by Gasteiger charge is 2.22. The molecule has 1 aliphatic heterocycles. The molecule has 0 bridgehead atoms. The molecule has 1 N–H and O–H groups in total. The highest BCUT2D eigenvalue weighted by atomic mass is 32.2. The van der Waals surface area contributed by atoms with Crippen LogP contribution < -0.4 is 9.62 Å². The van der Waals surface area contributed by atoms with Gasteiger partial charge in [0.1, 0.15) is 5.82 Å². The minimum Gasteiger partial charge on any atom is -0.367 e. The highest BCUT2D eigenvalue weighted by Crippen LogP contribution is 2.29. The number of hydrogen-bond donors (Lipinski definition) is 1. The fraction of sp³-hybridized carbons (Fsp3) is 0.375. The molecule has 1 saturated heterocycles. The van der Waals surface area contributed by atoms with Gasteiger partial charge in [-0.1, -0.05) is 29.4 Å². The van der Waals surface area contributed by atoms with Gasteiger partial charge in [0.2, 0.25) is 10.0 Å². The Kier molecular flexibility index (Phi) is 6.83. The van der Waals surface area contributed by atoms with Crippen LogP contribution in [0.3, 0.4) is 0 Å². The van der Waals surface area contributed by atoms with E-state index >= 15 is 0 Å². The van der Waals surface area contributed by atoms with Gasteiger partial charge in [-0.2, -0.15) is 0 Å². The van der Waals surface area contributed by atoms with Crippen molar-refractivity contribution in [2.24, 2.45) is 0 Å². The topological polar surface area (TPSA) is 78.7 Å². The molecular formula is C24H29FN4O3S. The minimum absolute atomic E-state index is 0.216. The van der Waals surface area contributed by atoms with Gasteiger partial charge in [-0.25, -0.2) is 17.5 Å². The number of aryl methyl sites for hydroxylation is 2. The van der Waals surface area contributed by atoms with Crippen molar-refractivity contribution in [2.75, 3.05) is 44.2 Å². The minimum atomic E-state index is -3.69. The maximum atomic E-state index is 14.0. The van der Waals surface area contributed by atoms with E-state index < -0.39 is 10.0 Å². The van der Waals surface area contributed by atoms with Crippen LogP contribution in [0.5, 0.6) is 0 Å². The maximum Gasteiger partial charge on any atom is 0.240 e. The van der Waals surface area contributed by atoms with Crippen LogP contribution in [0.1, 0.15) is 16.8 Å². The number of hydrogen-bond acceptors (Lipinski definition) is 6. The van der Waals surface area contributed by atoms with E-state index in [9.17, 15) is 12.8 Å². The first-order valence-electron chi connectivity index (χ1n) is 11.0. The first-order valence-corrected chi connectivity index (χ1v) is 12.5. The van der Waals surface area contributed by atoms with Gasteiger partial charge in [0.25, 0.3) is 0 Å². The molecule has 0 saturated carbocycles. The number of para-hydroxylation sites is 1. The summed E-state index contributed by atoms with van der Waals surface area (Å²) in [6, 6.07) is 12.0. The van der Waals surface area contributed by atoms with Crippen molar-refractivity contribution < 1.29 is 17.3 Å². The zero-order chi connectivity index (χ0) is 23.6. The van der Waals surface area contributed by atoms with Crippen molar-refractivity contribution in [3.05, 3.63) is 65.1 Å².